The third kappa shape index (κ3) is 7.59. The lowest BCUT2D eigenvalue weighted by Gasteiger charge is -2.65. The molecule has 5 unspecified atom stereocenters. The lowest BCUT2D eigenvalue weighted by Crippen LogP contribution is -2.56. The van der Waals surface area contributed by atoms with Crippen LogP contribution in [0.5, 0.6) is 5.75 Å². The van der Waals surface area contributed by atoms with Crippen molar-refractivity contribution in [3.63, 3.8) is 0 Å². The topological polar surface area (TPSA) is 33.1 Å². The molecule has 0 spiro atoms. The maximum absolute atomic E-state index is 12.8. The van der Waals surface area contributed by atoms with E-state index in [4.69, 9.17) is 4.98 Å². The quantitative estimate of drug-likeness (QED) is 0.169. The Hall–Kier alpha value is -4.17. The highest BCUT2D eigenvalue weighted by molar-refractivity contribution is 5.88. The lowest BCUT2D eigenvalue weighted by molar-refractivity contribution is -0.110. The molecular formula is C62H77NO. The number of aromatic nitrogens is 1. The summed E-state index contributed by atoms with van der Waals surface area (Å²) in [5.41, 5.74) is 18.4. The molecule has 4 aromatic carbocycles. The van der Waals surface area contributed by atoms with Gasteiger partial charge in [0, 0.05) is 27.7 Å². The maximum atomic E-state index is 12.8. The van der Waals surface area contributed by atoms with Crippen LogP contribution in [0.4, 0.5) is 0 Å². The Balaban J connectivity index is 1.10. The van der Waals surface area contributed by atoms with Gasteiger partial charge >= 0.3 is 0 Å². The van der Waals surface area contributed by atoms with Crippen LogP contribution in [0, 0.1) is 47.3 Å². The Bertz CT molecular complexity index is 2640. The molecule has 11 rings (SSSR count). The molecule has 5 aromatic rings. The van der Waals surface area contributed by atoms with Gasteiger partial charge in [-0.15, -0.1) is 0 Å². The summed E-state index contributed by atoms with van der Waals surface area (Å²) < 4.78 is 0. The van der Waals surface area contributed by atoms with Crippen molar-refractivity contribution in [1.29, 1.82) is 0 Å². The fourth-order valence-electron chi connectivity index (χ4n) is 17.1. The Morgan fingerprint density at radius 1 is 0.531 bits per heavy atom. The largest absolute Gasteiger partial charge is 0.507 e. The molecule has 1 heterocycles. The molecule has 1 aromatic heterocycles. The van der Waals surface area contributed by atoms with E-state index in [-0.39, 0.29) is 10.8 Å². The number of pyridine rings is 1. The van der Waals surface area contributed by atoms with E-state index in [9.17, 15) is 5.11 Å². The van der Waals surface area contributed by atoms with Crippen molar-refractivity contribution < 1.29 is 5.11 Å². The molecule has 0 aliphatic heterocycles. The highest BCUT2D eigenvalue weighted by Gasteiger charge is 2.61. The van der Waals surface area contributed by atoms with Crippen LogP contribution in [0.3, 0.4) is 0 Å². The first-order valence-corrected chi connectivity index (χ1v) is 25.3. The molecule has 6 fully saturated rings. The third-order valence-electron chi connectivity index (χ3n) is 17.5. The number of benzene rings is 4. The predicted molar refractivity (Wildman–Crippen MR) is 270 cm³/mol. The number of phenolic OH excluding ortho intramolecular Hbond substituents is 1. The summed E-state index contributed by atoms with van der Waals surface area (Å²) in [6, 6.07) is 32.8. The van der Waals surface area contributed by atoms with E-state index >= 15 is 0 Å². The molecule has 6 bridgehead atoms. The second kappa shape index (κ2) is 14.9. The fraction of sp³-hybridized carbons (Fsp3) is 0.532. The van der Waals surface area contributed by atoms with Crippen LogP contribution >= 0.6 is 0 Å². The van der Waals surface area contributed by atoms with E-state index in [1.807, 2.05) is 0 Å². The van der Waals surface area contributed by atoms with Crippen LogP contribution in [-0.4, -0.2) is 10.1 Å². The number of fused-ring (bicyclic) bond motifs is 2. The Morgan fingerprint density at radius 3 is 1.73 bits per heavy atom. The van der Waals surface area contributed by atoms with Crippen LogP contribution in [0.2, 0.25) is 0 Å². The number of hydrogen-bond acceptors (Lipinski definition) is 2. The van der Waals surface area contributed by atoms with Gasteiger partial charge in [0.1, 0.15) is 5.75 Å². The van der Waals surface area contributed by atoms with E-state index in [2.05, 4.69) is 168 Å². The zero-order valence-corrected chi connectivity index (χ0v) is 41.6. The van der Waals surface area contributed by atoms with Gasteiger partial charge in [0.05, 0.1) is 11.4 Å². The van der Waals surface area contributed by atoms with E-state index in [1.54, 1.807) is 0 Å². The van der Waals surface area contributed by atoms with Crippen LogP contribution < -0.4 is 0 Å². The molecule has 2 nitrogen and oxygen atoms in total. The Kier molecular flexibility index (Phi) is 10.2. The van der Waals surface area contributed by atoms with E-state index in [1.165, 1.54) is 121 Å². The van der Waals surface area contributed by atoms with Crippen LogP contribution in [0.1, 0.15) is 185 Å². The summed E-state index contributed by atoms with van der Waals surface area (Å²) >= 11 is 0. The zero-order chi connectivity index (χ0) is 45.4. The molecule has 64 heavy (non-hydrogen) atoms. The minimum atomic E-state index is 0.0270. The number of aromatic hydroxyl groups is 1. The van der Waals surface area contributed by atoms with Gasteiger partial charge in [-0.2, -0.15) is 0 Å². The minimum Gasteiger partial charge on any atom is -0.507 e. The average Bonchev–Trinajstić information content (AvgIpc) is 3.18. The first kappa shape index (κ1) is 43.7. The van der Waals surface area contributed by atoms with Gasteiger partial charge < -0.3 is 5.11 Å². The van der Waals surface area contributed by atoms with Gasteiger partial charge in [-0.05, 0) is 204 Å². The Morgan fingerprint density at radius 2 is 1.11 bits per heavy atom. The predicted octanol–water partition coefficient (Wildman–Crippen LogP) is 17.5. The van der Waals surface area contributed by atoms with Crippen LogP contribution in [-0.2, 0) is 10.8 Å². The van der Waals surface area contributed by atoms with E-state index < -0.39 is 0 Å². The standard InChI is InChI=1S/C62H77NO/c1-38(2)44-16-18-48(46-20-40(5)21-47(24-46)61-28-42(7)27-58(10,35-61)32-57(8,9)33-61)50(25-44)54-14-13-15-55(63-54)51-26-45(39(3)4)17-19-49(51)52-22-41(6)23-53(56(52)64)62-31-43-29-59(11,36-62)34-60(12,30-43)37-62/h13-26,38-39,42-43,64H,27-37H2,1-12H3. The minimum absolute atomic E-state index is 0.0270. The average molecular weight is 852 g/mol. The molecule has 0 radical (unpaired) electrons. The van der Waals surface area contributed by atoms with Gasteiger partial charge in [-0.1, -0.05) is 129 Å². The molecule has 2 heteroatoms. The van der Waals surface area contributed by atoms with Gasteiger partial charge in [0.25, 0.3) is 0 Å². The highest BCUT2D eigenvalue weighted by Crippen LogP contribution is 2.71. The lowest BCUT2D eigenvalue weighted by atomic mass is 9.39. The van der Waals surface area contributed by atoms with Crippen LogP contribution in [0.15, 0.2) is 84.9 Å². The van der Waals surface area contributed by atoms with Crippen molar-refractivity contribution in [2.45, 2.75) is 176 Å². The van der Waals surface area contributed by atoms with Crippen molar-refractivity contribution in [2.75, 3.05) is 0 Å². The van der Waals surface area contributed by atoms with E-state index in [0.717, 1.165) is 39.9 Å². The van der Waals surface area contributed by atoms with Gasteiger partial charge in [0.2, 0.25) is 0 Å². The number of rotatable bonds is 8. The second-order valence-corrected chi connectivity index (χ2v) is 25.8. The molecule has 336 valence electrons. The van der Waals surface area contributed by atoms with Gasteiger partial charge in [0.15, 0.2) is 0 Å². The van der Waals surface area contributed by atoms with Gasteiger partial charge in [-0.3, -0.25) is 0 Å². The van der Waals surface area contributed by atoms with Crippen molar-refractivity contribution in [2.24, 2.45) is 33.5 Å². The summed E-state index contributed by atoms with van der Waals surface area (Å²) in [4.78, 5) is 5.67. The van der Waals surface area contributed by atoms with Crippen LogP contribution in [0.25, 0.3) is 44.8 Å². The highest BCUT2D eigenvalue weighted by atomic mass is 16.3. The SMILES string of the molecule is Cc1cc(-c2ccc(C(C)C)cc2-c2cccc(-c3cc(C(C)C)ccc3-c3cc(C)cc(C45CC6CC(C)(CC(C)(C6)C4)C5)c3O)n2)cc(C23CC(C)CC(C)(CC(C)(C)C2)C3)c1. The van der Waals surface area contributed by atoms with Crippen molar-refractivity contribution >= 4 is 0 Å². The Labute approximate surface area is 387 Å². The maximum Gasteiger partial charge on any atom is 0.127 e. The van der Waals surface area contributed by atoms with Crippen molar-refractivity contribution in [3.8, 4) is 50.5 Å². The zero-order valence-electron chi connectivity index (χ0n) is 41.6. The summed E-state index contributed by atoms with van der Waals surface area (Å²) in [5, 5.41) is 12.8. The summed E-state index contributed by atoms with van der Waals surface area (Å²) in [6.45, 7) is 28.9. The van der Waals surface area contributed by atoms with E-state index in [0.29, 0.717) is 39.2 Å². The monoisotopic (exact) mass is 852 g/mol. The number of aryl methyl sites for hydroxylation is 2. The molecule has 1 N–H and O–H groups in total. The summed E-state index contributed by atoms with van der Waals surface area (Å²) in [6.07, 6.45) is 14.1. The molecule has 5 atom stereocenters. The fourth-order valence-corrected chi connectivity index (χ4v) is 17.1. The first-order chi connectivity index (χ1) is 30.1. The second-order valence-electron chi connectivity index (χ2n) is 25.8. The number of phenols is 1. The number of hydrogen-bond donors (Lipinski definition) is 1. The molecule has 0 saturated heterocycles. The third-order valence-corrected chi connectivity index (χ3v) is 17.5. The molecule has 0 amide bonds. The summed E-state index contributed by atoms with van der Waals surface area (Å²) in [7, 11) is 0. The molecular weight excluding hydrogens is 775 g/mol. The van der Waals surface area contributed by atoms with Crippen molar-refractivity contribution in [3.05, 3.63) is 118 Å². The molecule has 6 aliphatic rings. The number of nitrogens with zero attached hydrogens (tertiary/aromatic N) is 1. The van der Waals surface area contributed by atoms with Crippen molar-refractivity contribution in [1.82, 2.24) is 4.98 Å². The first-order valence-electron chi connectivity index (χ1n) is 25.3. The summed E-state index contributed by atoms with van der Waals surface area (Å²) in [5.74, 6) is 2.71. The smallest absolute Gasteiger partial charge is 0.127 e. The van der Waals surface area contributed by atoms with Gasteiger partial charge in [-0.25, -0.2) is 4.98 Å². The normalized spacial score (nSPS) is 31.5. The molecule has 6 aliphatic carbocycles. The molecule has 6 saturated carbocycles.